The van der Waals surface area contributed by atoms with E-state index in [4.69, 9.17) is 0 Å². The van der Waals surface area contributed by atoms with Crippen molar-refractivity contribution in [1.82, 2.24) is 20.4 Å². The smallest absolute Gasteiger partial charge is 0.230 e. The zero-order chi connectivity index (χ0) is 20.8. The molecule has 30 heavy (non-hydrogen) atoms. The highest BCUT2D eigenvalue weighted by atomic mass is 32.2. The average Bonchev–Trinajstić information content (AvgIpc) is 3.45. The molecular weight excluding hydrogens is 418 g/mol. The first-order chi connectivity index (χ1) is 14.7. The Morgan fingerprint density at radius 1 is 1.07 bits per heavy atom. The molecule has 9 heteroatoms. The van der Waals surface area contributed by atoms with Crippen LogP contribution in [0.2, 0.25) is 0 Å². The molecular formula is C21H27N5O2S2. The van der Waals surface area contributed by atoms with Crippen LogP contribution in [0, 0.1) is 0 Å². The van der Waals surface area contributed by atoms with Crippen molar-refractivity contribution in [2.24, 2.45) is 0 Å². The van der Waals surface area contributed by atoms with Gasteiger partial charge < -0.3 is 15.1 Å². The molecule has 1 saturated carbocycles. The van der Waals surface area contributed by atoms with E-state index in [-0.39, 0.29) is 11.8 Å². The molecule has 0 atom stereocenters. The van der Waals surface area contributed by atoms with Gasteiger partial charge in [0.1, 0.15) is 0 Å². The van der Waals surface area contributed by atoms with Gasteiger partial charge in [-0.25, -0.2) is 0 Å². The number of nitrogens with one attached hydrogen (secondary N) is 1. The second kappa shape index (κ2) is 10.3. The highest BCUT2D eigenvalue weighted by molar-refractivity contribution is 8.01. The number of piperazine rings is 1. The highest BCUT2D eigenvalue weighted by Crippen LogP contribution is 2.28. The minimum absolute atomic E-state index is 0.0780. The van der Waals surface area contributed by atoms with Crippen LogP contribution in [0.3, 0.4) is 0 Å². The fraction of sp³-hybridized carbons (Fsp3) is 0.524. The monoisotopic (exact) mass is 445 g/mol. The van der Waals surface area contributed by atoms with Crippen molar-refractivity contribution in [1.29, 1.82) is 0 Å². The Balaban J connectivity index is 1.21. The van der Waals surface area contributed by atoms with Gasteiger partial charge >= 0.3 is 0 Å². The number of thioether (sulfide) groups is 1. The molecule has 1 aromatic heterocycles. The van der Waals surface area contributed by atoms with Gasteiger partial charge in [0.25, 0.3) is 0 Å². The van der Waals surface area contributed by atoms with Gasteiger partial charge in [-0.1, -0.05) is 66.3 Å². The van der Waals surface area contributed by atoms with Gasteiger partial charge in [0.15, 0.2) is 4.34 Å². The predicted octanol–water partition coefficient (Wildman–Crippen LogP) is 2.58. The third-order valence-electron chi connectivity index (χ3n) is 5.54. The number of carbonyl (C=O) groups excluding carboxylic acids is 2. The van der Waals surface area contributed by atoms with E-state index in [2.05, 4.69) is 20.4 Å². The summed E-state index contributed by atoms with van der Waals surface area (Å²) in [5.41, 5.74) is 1.05. The van der Waals surface area contributed by atoms with Crippen molar-refractivity contribution in [3.63, 3.8) is 0 Å². The van der Waals surface area contributed by atoms with Crippen LogP contribution in [-0.2, 0) is 16.0 Å². The van der Waals surface area contributed by atoms with Gasteiger partial charge in [-0.15, -0.1) is 10.2 Å². The summed E-state index contributed by atoms with van der Waals surface area (Å²) in [6, 6.07) is 10.2. The van der Waals surface area contributed by atoms with Crippen molar-refractivity contribution in [2.45, 2.75) is 42.5 Å². The van der Waals surface area contributed by atoms with E-state index in [0.29, 0.717) is 31.3 Å². The van der Waals surface area contributed by atoms with E-state index in [9.17, 15) is 9.59 Å². The standard InChI is InChI=1S/C21H27N5O2S2/c27-18(22-17-8-4-5-9-17)15-29-21-24-23-20(30-21)26-12-10-25(11-13-26)19(28)14-16-6-2-1-3-7-16/h1-3,6-7,17H,4-5,8-15H2,(H,22,27). The minimum Gasteiger partial charge on any atom is -0.353 e. The van der Waals surface area contributed by atoms with Gasteiger partial charge in [-0.3, -0.25) is 9.59 Å². The fourth-order valence-corrected chi connectivity index (χ4v) is 5.59. The number of benzene rings is 1. The first kappa shape index (κ1) is 21.1. The van der Waals surface area contributed by atoms with E-state index < -0.39 is 0 Å². The van der Waals surface area contributed by atoms with Crippen LogP contribution in [-0.4, -0.2) is 64.9 Å². The van der Waals surface area contributed by atoms with E-state index in [1.54, 1.807) is 0 Å². The average molecular weight is 446 g/mol. The molecule has 2 amide bonds. The largest absolute Gasteiger partial charge is 0.353 e. The lowest BCUT2D eigenvalue weighted by atomic mass is 10.1. The highest BCUT2D eigenvalue weighted by Gasteiger charge is 2.24. The van der Waals surface area contributed by atoms with E-state index >= 15 is 0 Å². The van der Waals surface area contributed by atoms with Gasteiger partial charge in [0.05, 0.1) is 12.2 Å². The molecule has 1 aromatic carbocycles. The van der Waals surface area contributed by atoms with Crippen LogP contribution in [0.1, 0.15) is 31.2 Å². The number of aromatic nitrogens is 2. The van der Waals surface area contributed by atoms with Crippen LogP contribution >= 0.6 is 23.1 Å². The summed E-state index contributed by atoms with van der Waals surface area (Å²) in [6.07, 6.45) is 5.06. The van der Waals surface area contributed by atoms with Gasteiger partial charge in [-0.05, 0) is 18.4 Å². The minimum atomic E-state index is 0.0780. The molecule has 1 aliphatic carbocycles. The molecule has 160 valence electrons. The first-order valence-corrected chi connectivity index (χ1v) is 12.3. The molecule has 0 spiro atoms. The van der Waals surface area contributed by atoms with Crippen molar-refractivity contribution in [3.8, 4) is 0 Å². The summed E-state index contributed by atoms with van der Waals surface area (Å²) in [7, 11) is 0. The van der Waals surface area contributed by atoms with Crippen molar-refractivity contribution in [3.05, 3.63) is 35.9 Å². The lowest BCUT2D eigenvalue weighted by Crippen LogP contribution is -2.49. The summed E-state index contributed by atoms with van der Waals surface area (Å²) >= 11 is 2.96. The summed E-state index contributed by atoms with van der Waals surface area (Å²) in [4.78, 5) is 28.7. The van der Waals surface area contributed by atoms with Crippen molar-refractivity contribution >= 4 is 40.0 Å². The van der Waals surface area contributed by atoms with E-state index in [0.717, 1.165) is 41.0 Å². The summed E-state index contributed by atoms with van der Waals surface area (Å²) < 4.78 is 0.814. The lowest BCUT2D eigenvalue weighted by molar-refractivity contribution is -0.130. The maximum Gasteiger partial charge on any atom is 0.230 e. The molecule has 2 aliphatic rings. The van der Waals surface area contributed by atoms with Crippen LogP contribution in [0.15, 0.2) is 34.7 Å². The number of carbonyl (C=O) groups is 2. The number of hydrogen-bond acceptors (Lipinski definition) is 7. The lowest BCUT2D eigenvalue weighted by Gasteiger charge is -2.34. The Hall–Kier alpha value is -2.13. The zero-order valence-corrected chi connectivity index (χ0v) is 18.6. The SMILES string of the molecule is O=C(CSc1nnc(N2CCN(C(=O)Cc3ccccc3)CC2)s1)NC1CCCC1. The molecule has 1 saturated heterocycles. The van der Waals surface area contributed by atoms with Crippen LogP contribution in [0.5, 0.6) is 0 Å². The number of amides is 2. The van der Waals surface area contributed by atoms with Crippen molar-refractivity contribution in [2.75, 3.05) is 36.8 Å². The van der Waals surface area contributed by atoms with Crippen LogP contribution < -0.4 is 10.2 Å². The number of rotatable bonds is 7. The third kappa shape index (κ3) is 5.72. The number of anilines is 1. The van der Waals surface area contributed by atoms with Gasteiger partial charge in [0, 0.05) is 32.2 Å². The Bertz CT molecular complexity index is 846. The second-order valence-corrected chi connectivity index (χ2v) is 9.90. The number of hydrogen-bond donors (Lipinski definition) is 1. The summed E-state index contributed by atoms with van der Waals surface area (Å²) in [5, 5.41) is 12.5. The maximum atomic E-state index is 12.5. The fourth-order valence-electron chi connectivity index (χ4n) is 3.88. The molecule has 4 rings (SSSR count). The number of nitrogens with zero attached hydrogens (tertiary/aromatic N) is 4. The molecule has 0 bridgehead atoms. The normalized spacial score (nSPS) is 17.3. The zero-order valence-electron chi connectivity index (χ0n) is 17.0. The molecule has 7 nitrogen and oxygen atoms in total. The molecule has 1 aliphatic heterocycles. The summed E-state index contributed by atoms with van der Waals surface area (Å²) in [5.74, 6) is 0.629. The molecule has 2 fully saturated rings. The Morgan fingerprint density at radius 3 is 2.53 bits per heavy atom. The molecule has 1 N–H and O–H groups in total. The third-order valence-corrected chi connectivity index (χ3v) is 7.66. The quantitative estimate of drug-likeness (QED) is 0.660. The van der Waals surface area contributed by atoms with Crippen LogP contribution in [0.4, 0.5) is 5.13 Å². The predicted molar refractivity (Wildman–Crippen MR) is 120 cm³/mol. The molecule has 2 heterocycles. The van der Waals surface area contributed by atoms with Gasteiger partial charge in [-0.2, -0.15) is 0 Å². The maximum absolute atomic E-state index is 12.5. The van der Waals surface area contributed by atoms with Gasteiger partial charge in [0.2, 0.25) is 16.9 Å². The topological polar surface area (TPSA) is 78.4 Å². The Morgan fingerprint density at radius 2 is 1.80 bits per heavy atom. The van der Waals surface area contributed by atoms with E-state index in [1.807, 2.05) is 35.2 Å². The second-order valence-electron chi connectivity index (χ2n) is 7.72. The summed E-state index contributed by atoms with van der Waals surface area (Å²) in [6.45, 7) is 2.89. The van der Waals surface area contributed by atoms with Crippen molar-refractivity contribution < 1.29 is 9.59 Å². The Kier molecular flexibility index (Phi) is 7.22. The van der Waals surface area contributed by atoms with Crippen LogP contribution in [0.25, 0.3) is 0 Å². The molecule has 0 unspecified atom stereocenters. The molecule has 0 radical (unpaired) electrons. The molecule has 2 aromatic rings. The first-order valence-electron chi connectivity index (χ1n) is 10.5. The van der Waals surface area contributed by atoms with E-state index in [1.165, 1.54) is 35.9 Å². The Labute approximate surface area is 185 Å².